The minimum Gasteiger partial charge on any atom is -0.455 e. The zero-order valence-electron chi connectivity index (χ0n) is 35.1. The number of hydrogen-bond acceptors (Lipinski definition) is 2. The minimum absolute atomic E-state index is 0.934. The summed E-state index contributed by atoms with van der Waals surface area (Å²) < 4.78 is 14.0. The van der Waals surface area contributed by atoms with Crippen molar-refractivity contribution in [2.24, 2.45) is 0 Å². The summed E-state index contributed by atoms with van der Waals surface area (Å²) in [5, 5.41) is 10.7. The maximum atomic E-state index is 7.08. The van der Waals surface area contributed by atoms with Crippen LogP contribution >= 0.6 is 0 Å². The molecule has 62 heavy (non-hydrogen) atoms. The second-order valence-corrected chi connectivity index (χ2v) is 27.0. The molecular weight excluding hydrogens is 785 g/mol. The van der Waals surface area contributed by atoms with Crippen molar-refractivity contribution in [2.45, 2.75) is 26.2 Å². The summed E-state index contributed by atoms with van der Waals surface area (Å²) in [7, 11) is -4.54. The summed E-state index contributed by atoms with van der Waals surface area (Å²) >= 11 is 0. The summed E-state index contributed by atoms with van der Waals surface area (Å²) in [5.74, 6) is 0. The fourth-order valence-corrected chi connectivity index (χ4v) is 17.2. The summed E-state index contributed by atoms with van der Waals surface area (Å²) in [6.07, 6.45) is 0. The minimum atomic E-state index is -2.27. The highest BCUT2D eigenvalue weighted by molar-refractivity contribution is 7.06. The van der Waals surface area contributed by atoms with E-state index in [9.17, 15) is 0 Å². The Morgan fingerprint density at radius 3 is 1.32 bits per heavy atom. The molecule has 2 aliphatic heterocycles. The van der Waals surface area contributed by atoms with Gasteiger partial charge in [0.05, 0.1) is 0 Å². The van der Waals surface area contributed by atoms with Crippen LogP contribution < -0.4 is 20.7 Å². The average molecular weight is 827 g/mol. The Kier molecular flexibility index (Phi) is 7.36. The first-order valence-electron chi connectivity index (χ1n) is 21.7. The molecular formula is C58H42O2Si2. The second kappa shape index (κ2) is 12.8. The summed E-state index contributed by atoms with van der Waals surface area (Å²) in [4.78, 5) is 0. The van der Waals surface area contributed by atoms with Crippen molar-refractivity contribution in [1.29, 1.82) is 0 Å². The molecule has 0 saturated carbocycles. The average Bonchev–Trinajstić information content (AvgIpc) is 4.01. The molecule has 0 bridgehead atoms. The Hall–Kier alpha value is -6.99. The van der Waals surface area contributed by atoms with Crippen LogP contribution in [0.4, 0.5) is 0 Å². The van der Waals surface area contributed by atoms with Crippen LogP contribution in [0.2, 0.25) is 26.2 Å². The van der Waals surface area contributed by atoms with Crippen LogP contribution in [0.25, 0.3) is 111 Å². The molecule has 11 aromatic rings. The zero-order valence-corrected chi connectivity index (χ0v) is 37.1. The van der Waals surface area contributed by atoms with Crippen LogP contribution in [0.1, 0.15) is 0 Å². The molecule has 2 aliphatic rings. The predicted molar refractivity (Wildman–Crippen MR) is 267 cm³/mol. The quantitative estimate of drug-likeness (QED) is 0.165. The van der Waals surface area contributed by atoms with E-state index in [2.05, 4.69) is 208 Å². The third kappa shape index (κ3) is 4.90. The summed E-state index contributed by atoms with van der Waals surface area (Å²) in [5.41, 5.74) is 19.0. The van der Waals surface area contributed by atoms with Crippen LogP contribution in [0.15, 0.2) is 191 Å². The van der Waals surface area contributed by atoms with Crippen LogP contribution in [-0.4, -0.2) is 16.1 Å². The van der Waals surface area contributed by atoms with E-state index in [4.69, 9.17) is 8.83 Å². The lowest BCUT2D eigenvalue weighted by Gasteiger charge is -2.22. The first kappa shape index (κ1) is 35.7. The molecule has 0 saturated heterocycles. The second-order valence-electron chi connectivity index (χ2n) is 18.4. The van der Waals surface area contributed by atoms with Crippen molar-refractivity contribution in [3.05, 3.63) is 182 Å². The van der Waals surface area contributed by atoms with E-state index >= 15 is 0 Å². The summed E-state index contributed by atoms with van der Waals surface area (Å²) in [6, 6.07) is 67.0. The number of benzene rings is 9. The van der Waals surface area contributed by atoms with E-state index in [1.807, 2.05) is 0 Å². The monoisotopic (exact) mass is 826 g/mol. The molecule has 0 spiro atoms. The number of para-hydroxylation sites is 2. The van der Waals surface area contributed by atoms with E-state index in [0.717, 1.165) is 22.3 Å². The topological polar surface area (TPSA) is 26.3 Å². The van der Waals surface area contributed by atoms with Gasteiger partial charge < -0.3 is 8.83 Å². The van der Waals surface area contributed by atoms with E-state index in [1.165, 1.54) is 109 Å². The first-order chi connectivity index (χ1) is 30.3. The van der Waals surface area contributed by atoms with Crippen molar-refractivity contribution in [1.82, 2.24) is 0 Å². The molecule has 2 nitrogen and oxygen atoms in total. The van der Waals surface area contributed by atoms with E-state index in [1.54, 1.807) is 0 Å². The predicted octanol–water partition coefficient (Wildman–Crippen LogP) is 13.8. The van der Waals surface area contributed by atoms with Gasteiger partial charge in [0.25, 0.3) is 0 Å². The highest BCUT2D eigenvalue weighted by atomic mass is 28.3. The highest BCUT2D eigenvalue weighted by Gasteiger charge is 2.46. The van der Waals surface area contributed by atoms with Gasteiger partial charge in [0.1, 0.15) is 38.5 Å². The van der Waals surface area contributed by atoms with Crippen molar-refractivity contribution in [2.75, 3.05) is 0 Å². The highest BCUT2D eigenvalue weighted by Crippen LogP contribution is 2.48. The molecule has 0 unspecified atom stereocenters. The Morgan fingerprint density at radius 1 is 0.306 bits per heavy atom. The van der Waals surface area contributed by atoms with Gasteiger partial charge >= 0.3 is 0 Å². The van der Waals surface area contributed by atoms with Gasteiger partial charge in [-0.2, -0.15) is 0 Å². The van der Waals surface area contributed by atoms with Crippen LogP contribution in [0.5, 0.6) is 0 Å². The van der Waals surface area contributed by atoms with E-state index in [0.29, 0.717) is 0 Å². The van der Waals surface area contributed by atoms with E-state index in [-0.39, 0.29) is 0 Å². The van der Waals surface area contributed by atoms with Gasteiger partial charge in [0.2, 0.25) is 0 Å². The normalized spacial score (nSPS) is 14.4. The fourth-order valence-electron chi connectivity index (χ4n) is 11.1. The number of hydrogen-bond donors (Lipinski definition) is 0. The first-order valence-corrected chi connectivity index (χ1v) is 27.7. The fraction of sp³-hybridized carbons (Fsp3) is 0.0690. The van der Waals surface area contributed by atoms with Gasteiger partial charge in [-0.05, 0) is 101 Å². The van der Waals surface area contributed by atoms with Crippen LogP contribution in [-0.2, 0) is 0 Å². The Morgan fingerprint density at radius 2 is 0.726 bits per heavy atom. The molecule has 0 amide bonds. The SMILES string of the molecule is C[Si]1(C)c2cc3c(cc2-c2c1cc(-c1cccc(-c4ccccc4)c1)c1c2oc2ccccc21)[Si](C)(C)c1cc(-c2cccc(-c4ccccc4)c2)c2oc4ccccc4c2c1-3. The molecule has 2 aromatic heterocycles. The number of fused-ring (bicyclic) bond motifs is 14. The van der Waals surface area contributed by atoms with Crippen molar-refractivity contribution in [3.8, 4) is 66.8 Å². The molecule has 13 rings (SSSR count). The third-order valence-electron chi connectivity index (χ3n) is 14.2. The molecule has 4 heterocycles. The van der Waals surface area contributed by atoms with Crippen LogP contribution in [0, 0.1) is 0 Å². The zero-order chi connectivity index (χ0) is 41.5. The maximum absolute atomic E-state index is 7.08. The van der Waals surface area contributed by atoms with E-state index < -0.39 is 16.1 Å². The molecule has 0 radical (unpaired) electrons. The number of furan rings is 2. The molecule has 0 aliphatic carbocycles. The van der Waals surface area contributed by atoms with Gasteiger partial charge in [0.15, 0.2) is 0 Å². The Labute approximate surface area is 362 Å². The van der Waals surface area contributed by atoms with Gasteiger partial charge in [-0.3, -0.25) is 0 Å². The molecule has 0 N–H and O–H groups in total. The van der Waals surface area contributed by atoms with Crippen molar-refractivity contribution < 1.29 is 8.83 Å². The van der Waals surface area contributed by atoms with Gasteiger partial charge in [-0.1, -0.05) is 184 Å². The number of rotatable bonds is 4. The van der Waals surface area contributed by atoms with Crippen LogP contribution in [0.3, 0.4) is 0 Å². The smallest absolute Gasteiger partial charge is 0.143 e. The van der Waals surface area contributed by atoms with Crippen molar-refractivity contribution >= 4 is 80.8 Å². The molecule has 4 heteroatoms. The van der Waals surface area contributed by atoms with Gasteiger partial charge in [-0.25, -0.2) is 0 Å². The molecule has 0 fully saturated rings. The lowest BCUT2D eigenvalue weighted by Crippen LogP contribution is -2.51. The lowest BCUT2D eigenvalue weighted by molar-refractivity contribution is 0.670. The standard InChI is InChI=1S/C58H42O2Si2/c1-61(2)49-34-46-50(33-45(49)54-51(61)32-44(57-56(54)42-26-12-14-28-48(42)59-57)40-24-16-22-38(30-40)36-19-9-6-10-20-36)62(3,4)52-31-43(39-23-15-21-37(29-39)35-17-7-5-8-18-35)53-41-25-11-13-27-47(41)60-58(53)55(46)52/h5-34H,1-4H3. The largest absolute Gasteiger partial charge is 0.455 e. The Balaban J connectivity index is 1.06. The lowest BCUT2D eigenvalue weighted by atomic mass is 9.91. The molecule has 294 valence electrons. The molecule has 9 aromatic carbocycles. The summed E-state index contributed by atoms with van der Waals surface area (Å²) in [6.45, 7) is 10.2. The van der Waals surface area contributed by atoms with Gasteiger partial charge in [-0.15, -0.1) is 0 Å². The molecule has 0 atom stereocenters. The Bertz CT molecular complexity index is 3680. The van der Waals surface area contributed by atoms with Gasteiger partial charge in [0, 0.05) is 32.7 Å². The van der Waals surface area contributed by atoms with Crippen molar-refractivity contribution in [3.63, 3.8) is 0 Å². The maximum Gasteiger partial charge on any atom is 0.143 e. The third-order valence-corrected chi connectivity index (χ3v) is 21.3.